The van der Waals surface area contributed by atoms with E-state index in [1.165, 1.54) is 62.7 Å². The maximum absolute atomic E-state index is 6.23. The summed E-state index contributed by atoms with van der Waals surface area (Å²) in [5.41, 5.74) is 11.1. The molecule has 2 fully saturated rings. The Morgan fingerprint density at radius 1 is 1.12 bits per heavy atom. The van der Waals surface area contributed by atoms with Crippen LogP contribution in [0.2, 0.25) is 0 Å². The van der Waals surface area contributed by atoms with E-state index in [0.29, 0.717) is 17.7 Å². The van der Waals surface area contributed by atoms with E-state index in [1.54, 1.807) is 0 Å². The summed E-state index contributed by atoms with van der Waals surface area (Å²) in [5.74, 6) is 0. The highest BCUT2D eigenvalue weighted by Crippen LogP contribution is 2.36. The molecule has 1 aliphatic heterocycles. The van der Waals surface area contributed by atoms with Crippen LogP contribution in [0.15, 0.2) is 12.1 Å². The Labute approximate surface area is 159 Å². The molecule has 1 saturated heterocycles. The molecular weight excluding hydrogens is 322 g/mol. The Morgan fingerprint density at radius 3 is 2.35 bits per heavy atom. The topological polar surface area (TPSA) is 50.5 Å². The molecule has 1 aromatic carbocycles. The molecule has 0 bridgehead atoms. The second-order valence-electron chi connectivity index (χ2n) is 8.58. The summed E-state index contributed by atoms with van der Waals surface area (Å²) < 4.78 is 5.84. The van der Waals surface area contributed by atoms with Gasteiger partial charge in [0.15, 0.2) is 0 Å². The van der Waals surface area contributed by atoms with E-state index in [1.807, 2.05) is 0 Å². The lowest BCUT2D eigenvalue weighted by molar-refractivity contribution is -0.0242. The third-order valence-electron chi connectivity index (χ3n) is 6.70. The minimum absolute atomic E-state index is 0.359. The molecule has 2 aliphatic rings. The van der Waals surface area contributed by atoms with Gasteiger partial charge < -0.3 is 15.8 Å². The zero-order valence-corrected chi connectivity index (χ0v) is 17.1. The molecule has 0 unspecified atom stereocenters. The number of hydrogen-bond acceptors (Lipinski definition) is 4. The zero-order chi connectivity index (χ0) is 18.7. The number of ether oxygens (including phenoxy) is 1. The molecule has 0 amide bonds. The van der Waals surface area contributed by atoms with Gasteiger partial charge in [-0.25, -0.2) is 0 Å². The second-order valence-corrected chi connectivity index (χ2v) is 8.58. The van der Waals surface area contributed by atoms with Crippen molar-refractivity contribution in [2.24, 2.45) is 0 Å². The number of hydrogen-bond donors (Lipinski definition) is 2. The fourth-order valence-corrected chi connectivity index (χ4v) is 4.68. The van der Waals surface area contributed by atoms with Gasteiger partial charge in [0, 0.05) is 31.3 Å². The van der Waals surface area contributed by atoms with Crippen LogP contribution in [0.4, 0.5) is 11.4 Å². The lowest BCUT2D eigenvalue weighted by Crippen LogP contribution is -2.53. The average Bonchev–Trinajstić information content (AvgIpc) is 2.62. The van der Waals surface area contributed by atoms with Crippen molar-refractivity contribution in [2.75, 3.05) is 30.7 Å². The summed E-state index contributed by atoms with van der Waals surface area (Å²) in [5, 5.41) is 3.71. The molecule has 146 valence electrons. The Bertz CT molecular complexity index is 600. The number of nitrogen functional groups attached to an aromatic ring is 1. The Kier molecular flexibility index (Phi) is 6.13. The first-order valence-electron chi connectivity index (χ1n) is 10.4. The van der Waals surface area contributed by atoms with Crippen LogP contribution in [0.25, 0.3) is 0 Å². The summed E-state index contributed by atoms with van der Waals surface area (Å²) in [6.45, 7) is 12.0. The van der Waals surface area contributed by atoms with Crippen molar-refractivity contribution >= 4 is 11.4 Å². The summed E-state index contributed by atoms with van der Waals surface area (Å²) in [7, 11) is 0. The number of rotatable bonds is 5. The van der Waals surface area contributed by atoms with Gasteiger partial charge in [-0.05, 0) is 89.5 Å². The zero-order valence-electron chi connectivity index (χ0n) is 17.1. The van der Waals surface area contributed by atoms with Crippen molar-refractivity contribution < 1.29 is 4.74 Å². The van der Waals surface area contributed by atoms with Crippen LogP contribution >= 0.6 is 0 Å². The van der Waals surface area contributed by atoms with Crippen LogP contribution in [-0.4, -0.2) is 42.3 Å². The average molecular weight is 360 g/mol. The molecule has 0 atom stereocenters. The van der Waals surface area contributed by atoms with E-state index >= 15 is 0 Å². The van der Waals surface area contributed by atoms with Gasteiger partial charge in [-0.1, -0.05) is 0 Å². The van der Waals surface area contributed by atoms with Gasteiger partial charge in [-0.15, -0.1) is 0 Å². The molecule has 4 nitrogen and oxygen atoms in total. The van der Waals surface area contributed by atoms with Gasteiger partial charge in [0.25, 0.3) is 0 Å². The molecule has 1 aliphatic carbocycles. The lowest BCUT2D eigenvalue weighted by atomic mass is 9.79. The highest BCUT2D eigenvalue weighted by atomic mass is 16.5. The molecule has 0 aromatic heterocycles. The minimum atomic E-state index is 0.359. The van der Waals surface area contributed by atoms with Crippen molar-refractivity contribution in [3.63, 3.8) is 0 Å². The van der Waals surface area contributed by atoms with E-state index in [-0.39, 0.29) is 0 Å². The lowest BCUT2D eigenvalue weighted by Gasteiger charge is -2.48. The van der Waals surface area contributed by atoms with Crippen molar-refractivity contribution in [3.05, 3.63) is 23.3 Å². The number of aryl methyl sites for hydroxylation is 2. The number of benzene rings is 1. The van der Waals surface area contributed by atoms with E-state index in [9.17, 15) is 0 Å². The SMILES string of the molecule is CCOC1CCC(C)(N2CCC(Nc3cc(C)c(C)cc3N)CC2)CC1. The molecule has 1 aromatic rings. The van der Waals surface area contributed by atoms with Crippen molar-refractivity contribution in [3.8, 4) is 0 Å². The second kappa shape index (κ2) is 8.18. The molecule has 3 rings (SSSR count). The van der Waals surface area contributed by atoms with Gasteiger partial charge in [0.1, 0.15) is 0 Å². The molecule has 0 radical (unpaired) electrons. The van der Waals surface area contributed by atoms with Crippen LogP contribution in [-0.2, 0) is 4.74 Å². The first kappa shape index (κ1) is 19.5. The van der Waals surface area contributed by atoms with Crippen LogP contribution in [0.3, 0.4) is 0 Å². The van der Waals surface area contributed by atoms with Gasteiger partial charge in [0.2, 0.25) is 0 Å². The van der Waals surface area contributed by atoms with Crippen molar-refractivity contribution in [1.82, 2.24) is 4.90 Å². The third kappa shape index (κ3) is 4.34. The molecule has 3 N–H and O–H groups in total. The standard InChI is InChI=1S/C22H37N3O/c1-5-26-19-6-10-22(4,11-7-19)25-12-8-18(9-13-25)24-21-15-17(3)16(2)14-20(21)23/h14-15,18-19,24H,5-13,23H2,1-4H3. The number of piperidine rings is 1. The molecular formula is C22H37N3O. The Morgan fingerprint density at radius 2 is 1.73 bits per heavy atom. The summed E-state index contributed by atoms with van der Waals surface area (Å²) in [4.78, 5) is 2.73. The molecule has 0 spiro atoms. The van der Waals surface area contributed by atoms with E-state index < -0.39 is 0 Å². The number of likely N-dealkylation sites (tertiary alicyclic amines) is 1. The van der Waals surface area contributed by atoms with Crippen molar-refractivity contribution in [2.45, 2.75) is 83.9 Å². The van der Waals surface area contributed by atoms with E-state index in [2.05, 4.69) is 50.0 Å². The van der Waals surface area contributed by atoms with Crippen molar-refractivity contribution in [1.29, 1.82) is 0 Å². The quantitative estimate of drug-likeness (QED) is 0.760. The maximum Gasteiger partial charge on any atom is 0.0578 e. The monoisotopic (exact) mass is 359 g/mol. The normalized spacial score (nSPS) is 28.2. The van der Waals surface area contributed by atoms with Crippen LogP contribution in [0.1, 0.15) is 63.5 Å². The predicted octanol–water partition coefficient (Wildman–Crippen LogP) is 4.50. The predicted molar refractivity (Wildman–Crippen MR) is 111 cm³/mol. The van der Waals surface area contributed by atoms with Crippen LogP contribution in [0.5, 0.6) is 0 Å². The third-order valence-corrected chi connectivity index (χ3v) is 6.70. The van der Waals surface area contributed by atoms with Gasteiger partial charge >= 0.3 is 0 Å². The van der Waals surface area contributed by atoms with E-state index in [4.69, 9.17) is 10.5 Å². The summed E-state index contributed by atoms with van der Waals surface area (Å²) in [6.07, 6.45) is 7.82. The van der Waals surface area contributed by atoms with Gasteiger partial charge in [-0.2, -0.15) is 0 Å². The van der Waals surface area contributed by atoms with Crippen LogP contribution < -0.4 is 11.1 Å². The number of nitrogens with zero attached hydrogens (tertiary/aromatic N) is 1. The number of anilines is 2. The van der Waals surface area contributed by atoms with E-state index in [0.717, 1.165) is 18.0 Å². The number of nitrogens with one attached hydrogen (secondary N) is 1. The number of nitrogens with two attached hydrogens (primary N) is 1. The molecule has 1 saturated carbocycles. The first-order valence-corrected chi connectivity index (χ1v) is 10.4. The fourth-order valence-electron chi connectivity index (χ4n) is 4.68. The smallest absolute Gasteiger partial charge is 0.0578 e. The molecule has 4 heteroatoms. The highest BCUT2D eigenvalue weighted by Gasteiger charge is 2.38. The highest BCUT2D eigenvalue weighted by molar-refractivity contribution is 5.68. The fraction of sp³-hybridized carbons (Fsp3) is 0.727. The summed E-state index contributed by atoms with van der Waals surface area (Å²) in [6, 6.07) is 4.82. The Hall–Kier alpha value is -1.26. The Balaban J connectivity index is 1.52. The molecule has 26 heavy (non-hydrogen) atoms. The summed E-state index contributed by atoms with van der Waals surface area (Å²) >= 11 is 0. The minimum Gasteiger partial charge on any atom is -0.397 e. The largest absolute Gasteiger partial charge is 0.397 e. The van der Waals surface area contributed by atoms with Gasteiger partial charge in [-0.3, -0.25) is 4.90 Å². The maximum atomic E-state index is 6.23. The van der Waals surface area contributed by atoms with Crippen LogP contribution in [0, 0.1) is 13.8 Å². The van der Waals surface area contributed by atoms with Gasteiger partial charge in [0.05, 0.1) is 17.5 Å². The first-order chi connectivity index (χ1) is 12.4. The molecule has 1 heterocycles.